The Morgan fingerprint density at radius 3 is 2.39 bits per heavy atom. The SMILES string of the molecule is CC1ON/C(=N/S(=O)(=O)c2ccc(N)cc2)C1C. The second-order valence-electron chi connectivity index (χ2n) is 4.23. The Bertz CT molecular complexity index is 566. The summed E-state index contributed by atoms with van der Waals surface area (Å²) < 4.78 is 27.8. The van der Waals surface area contributed by atoms with Gasteiger partial charge in [-0.05, 0) is 31.2 Å². The highest BCUT2D eigenvalue weighted by Gasteiger charge is 2.29. The lowest BCUT2D eigenvalue weighted by molar-refractivity contribution is 0.0439. The van der Waals surface area contributed by atoms with Crippen molar-refractivity contribution in [3.05, 3.63) is 24.3 Å². The molecule has 0 spiro atoms. The quantitative estimate of drug-likeness (QED) is 0.778. The summed E-state index contributed by atoms with van der Waals surface area (Å²) in [5.74, 6) is 0.230. The summed E-state index contributed by atoms with van der Waals surface area (Å²) in [5.41, 5.74) is 8.56. The summed E-state index contributed by atoms with van der Waals surface area (Å²) in [6.07, 6.45) is -0.106. The first-order chi connectivity index (χ1) is 8.40. The molecular weight excluding hydrogens is 254 g/mol. The molecule has 1 saturated heterocycles. The van der Waals surface area contributed by atoms with Gasteiger partial charge in [-0.1, -0.05) is 6.92 Å². The topological polar surface area (TPSA) is 93.8 Å². The average molecular weight is 269 g/mol. The van der Waals surface area contributed by atoms with Crippen molar-refractivity contribution in [1.82, 2.24) is 5.48 Å². The molecule has 0 radical (unpaired) electrons. The predicted molar refractivity (Wildman–Crippen MR) is 68.3 cm³/mol. The molecule has 2 unspecified atom stereocenters. The summed E-state index contributed by atoms with van der Waals surface area (Å²) in [7, 11) is -3.73. The van der Waals surface area contributed by atoms with Gasteiger partial charge in [-0.2, -0.15) is 8.42 Å². The number of benzene rings is 1. The zero-order valence-corrected chi connectivity index (χ0v) is 10.9. The van der Waals surface area contributed by atoms with Crippen molar-refractivity contribution in [2.45, 2.75) is 24.8 Å². The van der Waals surface area contributed by atoms with Gasteiger partial charge in [0.1, 0.15) is 5.84 Å². The molecule has 6 nitrogen and oxygen atoms in total. The molecule has 1 aliphatic heterocycles. The van der Waals surface area contributed by atoms with Crippen molar-refractivity contribution in [3.8, 4) is 0 Å². The lowest BCUT2D eigenvalue weighted by Gasteiger charge is -2.04. The smallest absolute Gasteiger partial charge is 0.284 e. The van der Waals surface area contributed by atoms with Crippen LogP contribution in [0.4, 0.5) is 5.69 Å². The molecule has 3 N–H and O–H groups in total. The summed E-state index contributed by atoms with van der Waals surface area (Å²) >= 11 is 0. The molecule has 0 saturated carbocycles. The van der Waals surface area contributed by atoms with E-state index in [0.29, 0.717) is 11.5 Å². The van der Waals surface area contributed by atoms with Crippen LogP contribution in [-0.2, 0) is 14.9 Å². The number of nitrogens with zero attached hydrogens (tertiary/aromatic N) is 1. The van der Waals surface area contributed by atoms with Crippen LogP contribution in [0.5, 0.6) is 0 Å². The van der Waals surface area contributed by atoms with Crippen LogP contribution >= 0.6 is 0 Å². The van der Waals surface area contributed by atoms with Crippen molar-refractivity contribution >= 4 is 21.5 Å². The lowest BCUT2D eigenvalue weighted by Crippen LogP contribution is -2.20. The van der Waals surface area contributed by atoms with Crippen molar-refractivity contribution in [2.24, 2.45) is 10.3 Å². The summed E-state index contributed by atoms with van der Waals surface area (Å²) in [6, 6.07) is 5.91. The van der Waals surface area contributed by atoms with Gasteiger partial charge in [-0.25, -0.2) is 0 Å². The molecule has 1 aromatic rings. The summed E-state index contributed by atoms with van der Waals surface area (Å²) in [4.78, 5) is 5.22. The Balaban J connectivity index is 2.33. The molecule has 2 atom stereocenters. The third kappa shape index (κ3) is 2.46. The first-order valence-corrected chi connectivity index (χ1v) is 6.96. The molecule has 1 fully saturated rings. The largest absolute Gasteiger partial charge is 0.399 e. The lowest BCUT2D eigenvalue weighted by atomic mass is 10.1. The molecule has 1 heterocycles. The van der Waals surface area contributed by atoms with Gasteiger partial charge in [0.15, 0.2) is 0 Å². The molecule has 1 aliphatic rings. The third-order valence-electron chi connectivity index (χ3n) is 2.88. The Labute approximate surface area is 106 Å². The number of rotatable bonds is 2. The van der Waals surface area contributed by atoms with Crippen LogP contribution in [0.1, 0.15) is 13.8 Å². The van der Waals surface area contributed by atoms with Crippen molar-refractivity contribution in [2.75, 3.05) is 5.73 Å². The van der Waals surface area contributed by atoms with E-state index in [9.17, 15) is 8.42 Å². The third-order valence-corrected chi connectivity index (χ3v) is 4.19. The maximum atomic E-state index is 12.0. The fourth-order valence-electron chi connectivity index (χ4n) is 1.49. The van der Waals surface area contributed by atoms with Gasteiger partial charge < -0.3 is 5.73 Å². The number of hydroxylamine groups is 1. The van der Waals surface area contributed by atoms with E-state index in [-0.39, 0.29) is 16.9 Å². The first-order valence-electron chi connectivity index (χ1n) is 5.52. The Morgan fingerprint density at radius 1 is 1.28 bits per heavy atom. The van der Waals surface area contributed by atoms with Crippen LogP contribution in [0.2, 0.25) is 0 Å². The number of nitrogens with two attached hydrogens (primary N) is 1. The van der Waals surface area contributed by atoms with E-state index in [4.69, 9.17) is 10.6 Å². The van der Waals surface area contributed by atoms with Gasteiger partial charge in [-0.3, -0.25) is 10.3 Å². The number of hydrogen-bond acceptors (Lipinski definition) is 4. The summed E-state index contributed by atoms with van der Waals surface area (Å²) in [6.45, 7) is 3.69. The van der Waals surface area contributed by atoms with Crippen LogP contribution in [-0.4, -0.2) is 20.4 Å². The minimum Gasteiger partial charge on any atom is -0.399 e. The van der Waals surface area contributed by atoms with Gasteiger partial charge >= 0.3 is 0 Å². The van der Waals surface area contributed by atoms with Crippen LogP contribution in [0.15, 0.2) is 33.6 Å². The molecule has 0 bridgehead atoms. The monoisotopic (exact) mass is 269 g/mol. The first kappa shape index (κ1) is 12.8. The van der Waals surface area contributed by atoms with Gasteiger partial charge in [0.2, 0.25) is 0 Å². The zero-order valence-electron chi connectivity index (χ0n) is 10.1. The van der Waals surface area contributed by atoms with E-state index in [0.717, 1.165) is 0 Å². The number of nitrogens with one attached hydrogen (secondary N) is 1. The molecule has 2 rings (SSSR count). The highest BCUT2D eigenvalue weighted by atomic mass is 32.2. The van der Waals surface area contributed by atoms with E-state index < -0.39 is 10.0 Å². The normalized spacial score (nSPS) is 26.2. The number of nitrogen functional groups attached to an aromatic ring is 1. The zero-order chi connectivity index (χ0) is 13.3. The Hall–Kier alpha value is -1.60. The van der Waals surface area contributed by atoms with Crippen molar-refractivity contribution < 1.29 is 13.3 Å². The molecule has 18 heavy (non-hydrogen) atoms. The minimum absolute atomic E-state index is 0.0893. The van der Waals surface area contributed by atoms with Crippen molar-refractivity contribution in [1.29, 1.82) is 0 Å². The van der Waals surface area contributed by atoms with Gasteiger partial charge in [0, 0.05) is 11.6 Å². The van der Waals surface area contributed by atoms with Crippen LogP contribution in [0.3, 0.4) is 0 Å². The standard InChI is InChI=1S/C11H15N3O3S/c1-7-8(2)17-13-11(7)14-18(15,16)10-5-3-9(12)4-6-10/h3-8H,12H2,1-2H3,(H,13,14). The highest BCUT2D eigenvalue weighted by Crippen LogP contribution is 2.19. The fraction of sp³-hybridized carbons (Fsp3) is 0.364. The Morgan fingerprint density at radius 2 is 1.89 bits per heavy atom. The molecule has 1 aromatic carbocycles. The fourth-order valence-corrected chi connectivity index (χ4v) is 2.54. The molecule has 0 aliphatic carbocycles. The molecule has 98 valence electrons. The summed E-state index contributed by atoms with van der Waals surface area (Å²) in [5, 5.41) is 0. The van der Waals surface area contributed by atoms with Gasteiger partial charge in [-0.15, -0.1) is 4.40 Å². The van der Waals surface area contributed by atoms with Crippen LogP contribution in [0, 0.1) is 5.92 Å². The maximum absolute atomic E-state index is 12.0. The predicted octanol–water partition coefficient (Wildman–Crippen LogP) is 0.915. The van der Waals surface area contributed by atoms with Crippen LogP contribution in [0.25, 0.3) is 0 Å². The molecule has 0 amide bonds. The second-order valence-corrected chi connectivity index (χ2v) is 5.84. The van der Waals surface area contributed by atoms with E-state index in [2.05, 4.69) is 9.88 Å². The maximum Gasteiger partial charge on any atom is 0.284 e. The number of anilines is 1. The van der Waals surface area contributed by atoms with Gasteiger partial charge in [0.05, 0.1) is 11.0 Å². The van der Waals surface area contributed by atoms with Crippen LogP contribution < -0.4 is 11.2 Å². The van der Waals surface area contributed by atoms with E-state index in [1.165, 1.54) is 24.3 Å². The van der Waals surface area contributed by atoms with E-state index in [1.54, 1.807) is 0 Å². The number of amidine groups is 1. The number of hydrogen-bond donors (Lipinski definition) is 2. The molecular formula is C11H15N3O3S. The Kier molecular flexibility index (Phi) is 3.27. The van der Waals surface area contributed by atoms with Gasteiger partial charge in [0.25, 0.3) is 10.0 Å². The highest BCUT2D eigenvalue weighted by molar-refractivity contribution is 7.90. The average Bonchev–Trinajstić information content (AvgIpc) is 2.61. The minimum atomic E-state index is -3.73. The van der Waals surface area contributed by atoms with Crippen molar-refractivity contribution in [3.63, 3.8) is 0 Å². The van der Waals surface area contributed by atoms with E-state index >= 15 is 0 Å². The molecule has 7 heteroatoms. The molecule has 0 aromatic heterocycles. The second kappa shape index (κ2) is 4.58. The van der Waals surface area contributed by atoms with E-state index in [1.807, 2.05) is 13.8 Å². The number of sulfonamides is 1.